The Morgan fingerprint density at radius 1 is 0.889 bits per heavy atom. The van der Waals surface area contributed by atoms with Crippen molar-refractivity contribution in [2.75, 3.05) is 19.0 Å². The van der Waals surface area contributed by atoms with Crippen LogP contribution in [0.3, 0.4) is 0 Å². The molecule has 0 amide bonds. The van der Waals surface area contributed by atoms with E-state index in [9.17, 15) is 8.42 Å². The molecule has 0 atom stereocenters. The third kappa shape index (κ3) is 2.87. The summed E-state index contributed by atoms with van der Waals surface area (Å²) >= 11 is 0. The molecule has 6 rings (SSSR count). The average molecular weight is 385 g/mol. The van der Waals surface area contributed by atoms with Crippen LogP contribution in [-0.2, 0) is 10.0 Å². The lowest BCUT2D eigenvalue weighted by atomic mass is 9.53. The lowest BCUT2D eigenvalue weighted by Crippen LogP contribution is -2.59. The third-order valence-electron chi connectivity index (χ3n) is 7.02. The summed E-state index contributed by atoms with van der Waals surface area (Å²) in [5.74, 6) is 2.14. The van der Waals surface area contributed by atoms with Gasteiger partial charge in [0, 0.05) is 36.1 Å². The van der Waals surface area contributed by atoms with Crippen LogP contribution >= 0.6 is 0 Å². The summed E-state index contributed by atoms with van der Waals surface area (Å²) in [6, 6.07) is 11.5. The molecule has 0 spiro atoms. The zero-order chi connectivity index (χ0) is 18.8. The number of hydrogen-bond acceptors (Lipinski definition) is 3. The van der Waals surface area contributed by atoms with E-state index in [2.05, 4.69) is 4.72 Å². The normalized spacial score (nSPS) is 32.1. The number of anilines is 1. The summed E-state index contributed by atoms with van der Waals surface area (Å²) in [5.41, 5.74) is 0.828. The Labute approximate surface area is 162 Å². The van der Waals surface area contributed by atoms with Crippen molar-refractivity contribution >= 4 is 26.5 Å². The minimum absolute atomic E-state index is 0.213. The highest BCUT2D eigenvalue weighted by atomic mass is 32.2. The van der Waals surface area contributed by atoms with E-state index in [-0.39, 0.29) is 5.54 Å². The molecule has 0 aromatic heterocycles. The molecule has 144 valence electrons. The van der Waals surface area contributed by atoms with E-state index in [1.54, 1.807) is 6.07 Å². The maximum absolute atomic E-state index is 13.5. The molecule has 4 fully saturated rings. The Hall–Kier alpha value is -1.59. The summed E-state index contributed by atoms with van der Waals surface area (Å²) < 4.78 is 30.2. The van der Waals surface area contributed by atoms with Gasteiger partial charge < -0.3 is 4.90 Å². The summed E-state index contributed by atoms with van der Waals surface area (Å²) in [6.07, 6.45) is 6.98. The van der Waals surface area contributed by atoms with Crippen LogP contribution in [0.25, 0.3) is 10.8 Å². The zero-order valence-electron chi connectivity index (χ0n) is 16.1. The highest BCUT2D eigenvalue weighted by Crippen LogP contribution is 2.56. The molecule has 1 N–H and O–H groups in total. The predicted octanol–water partition coefficient (Wildman–Crippen LogP) is 4.15. The van der Waals surface area contributed by atoms with E-state index in [1.165, 1.54) is 19.3 Å². The number of nitrogens with one attached hydrogen (secondary N) is 1. The van der Waals surface area contributed by atoms with Crippen molar-refractivity contribution in [2.24, 2.45) is 17.8 Å². The van der Waals surface area contributed by atoms with Gasteiger partial charge in [-0.1, -0.05) is 24.3 Å². The standard InChI is InChI=1S/C22H28N2O2S/c1-24(2)20-7-3-6-19-18(20)5-4-8-21(19)27(25,26)23-22-12-15-9-16(13-22)11-17(10-15)14-22/h3-8,15-17,23H,9-14H2,1-2H3. The van der Waals surface area contributed by atoms with Crippen LogP contribution in [0.15, 0.2) is 41.3 Å². The van der Waals surface area contributed by atoms with Crippen LogP contribution in [0, 0.1) is 17.8 Å². The van der Waals surface area contributed by atoms with Gasteiger partial charge in [0.2, 0.25) is 10.0 Å². The fourth-order valence-electron chi connectivity index (χ4n) is 6.46. The largest absolute Gasteiger partial charge is 0.377 e. The maximum Gasteiger partial charge on any atom is 0.241 e. The Bertz CT molecular complexity index is 961. The van der Waals surface area contributed by atoms with Crippen LogP contribution < -0.4 is 9.62 Å². The van der Waals surface area contributed by atoms with Gasteiger partial charge in [-0.05, 0) is 68.4 Å². The van der Waals surface area contributed by atoms with Gasteiger partial charge in [0.1, 0.15) is 0 Å². The molecule has 4 aliphatic carbocycles. The second-order valence-corrected chi connectivity index (χ2v) is 11.0. The summed E-state index contributed by atoms with van der Waals surface area (Å²) in [6.45, 7) is 0. The second-order valence-electron chi connectivity index (χ2n) is 9.33. The van der Waals surface area contributed by atoms with E-state index in [1.807, 2.05) is 49.3 Å². The van der Waals surface area contributed by atoms with Crippen LogP contribution in [0.2, 0.25) is 0 Å². The van der Waals surface area contributed by atoms with E-state index in [0.29, 0.717) is 22.6 Å². The SMILES string of the molecule is CN(C)c1cccc2c(S(=O)(=O)NC34CC5CC(CC(C5)C3)C4)cccc12. The van der Waals surface area contributed by atoms with Crippen molar-refractivity contribution in [3.05, 3.63) is 36.4 Å². The molecule has 4 saturated carbocycles. The maximum atomic E-state index is 13.5. The van der Waals surface area contributed by atoms with E-state index < -0.39 is 10.0 Å². The number of nitrogens with zero attached hydrogens (tertiary/aromatic N) is 1. The average Bonchev–Trinajstić information content (AvgIpc) is 2.58. The van der Waals surface area contributed by atoms with Gasteiger partial charge >= 0.3 is 0 Å². The van der Waals surface area contributed by atoms with Crippen LogP contribution in [-0.4, -0.2) is 28.1 Å². The Morgan fingerprint density at radius 2 is 1.44 bits per heavy atom. The van der Waals surface area contributed by atoms with E-state index >= 15 is 0 Å². The first-order valence-electron chi connectivity index (χ1n) is 10.1. The molecule has 0 unspecified atom stereocenters. The third-order valence-corrected chi connectivity index (χ3v) is 8.66. The van der Waals surface area contributed by atoms with Crippen molar-refractivity contribution < 1.29 is 8.42 Å². The smallest absolute Gasteiger partial charge is 0.241 e. The number of benzene rings is 2. The fourth-order valence-corrected chi connectivity index (χ4v) is 8.12. The van der Waals surface area contributed by atoms with Crippen LogP contribution in [0.1, 0.15) is 38.5 Å². The van der Waals surface area contributed by atoms with E-state index in [4.69, 9.17) is 0 Å². The lowest BCUT2D eigenvalue weighted by molar-refractivity contribution is -0.00809. The van der Waals surface area contributed by atoms with Crippen molar-refractivity contribution in [3.63, 3.8) is 0 Å². The Morgan fingerprint density at radius 3 is 2.04 bits per heavy atom. The zero-order valence-corrected chi connectivity index (χ0v) is 16.9. The van der Waals surface area contributed by atoms with Crippen molar-refractivity contribution in [1.82, 2.24) is 4.72 Å². The molecule has 2 aromatic rings. The predicted molar refractivity (Wildman–Crippen MR) is 109 cm³/mol. The van der Waals surface area contributed by atoms with Gasteiger partial charge in [-0.2, -0.15) is 0 Å². The highest BCUT2D eigenvalue weighted by molar-refractivity contribution is 7.89. The van der Waals surface area contributed by atoms with Gasteiger partial charge in [0.25, 0.3) is 0 Å². The fraction of sp³-hybridized carbons (Fsp3) is 0.545. The summed E-state index contributed by atoms with van der Waals surface area (Å²) in [4.78, 5) is 2.45. The monoisotopic (exact) mass is 384 g/mol. The first kappa shape index (κ1) is 17.5. The molecule has 0 aliphatic heterocycles. The number of sulfonamides is 1. The molecule has 0 heterocycles. The first-order chi connectivity index (χ1) is 12.9. The minimum Gasteiger partial charge on any atom is -0.377 e. The molecule has 0 radical (unpaired) electrons. The topological polar surface area (TPSA) is 49.4 Å². The van der Waals surface area contributed by atoms with Gasteiger partial charge in [-0.15, -0.1) is 0 Å². The number of fused-ring (bicyclic) bond motifs is 1. The molecule has 4 nitrogen and oxygen atoms in total. The van der Waals surface area contributed by atoms with Gasteiger partial charge in [-0.3, -0.25) is 0 Å². The van der Waals surface area contributed by atoms with Gasteiger partial charge in [0.05, 0.1) is 4.90 Å². The molecule has 5 heteroatoms. The lowest BCUT2D eigenvalue weighted by Gasteiger charge is -2.56. The molecular formula is C22H28N2O2S. The molecule has 0 saturated heterocycles. The summed E-state index contributed by atoms with van der Waals surface area (Å²) in [5, 5.41) is 1.79. The molecule has 4 aliphatic rings. The van der Waals surface area contributed by atoms with Crippen molar-refractivity contribution in [3.8, 4) is 0 Å². The molecule has 4 bridgehead atoms. The van der Waals surface area contributed by atoms with Crippen LogP contribution in [0.4, 0.5) is 5.69 Å². The molecule has 27 heavy (non-hydrogen) atoms. The quantitative estimate of drug-likeness (QED) is 0.861. The summed E-state index contributed by atoms with van der Waals surface area (Å²) in [7, 11) is 0.419. The second kappa shape index (κ2) is 5.95. The van der Waals surface area contributed by atoms with Crippen molar-refractivity contribution in [2.45, 2.75) is 49.0 Å². The van der Waals surface area contributed by atoms with Gasteiger partial charge in [0.15, 0.2) is 0 Å². The van der Waals surface area contributed by atoms with Crippen molar-refractivity contribution in [1.29, 1.82) is 0 Å². The van der Waals surface area contributed by atoms with E-state index in [0.717, 1.165) is 35.7 Å². The minimum atomic E-state index is -3.56. The Kier molecular flexibility index (Phi) is 3.86. The van der Waals surface area contributed by atoms with Gasteiger partial charge in [-0.25, -0.2) is 13.1 Å². The molecule has 2 aromatic carbocycles. The number of hydrogen-bond donors (Lipinski definition) is 1. The highest BCUT2D eigenvalue weighted by Gasteiger charge is 2.52. The number of rotatable bonds is 4. The first-order valence-corrected chi connectivity index (χ1v) is 11.6. The Balaban J connectivity index is 1.55. The molecular weight excluding hydrogens is 356 g/mol. The van der Waals surface area contributed by atoms with Crippen LogP contribution in [0.5, 0.6) is 0 Å².